The molecule has 2 amide bonds. The smallest absolute Gasteiger partial charge is 0.258 e. The van der Waals surface area contributed by atoms with Crippen molar-refractivity contribution in [2.24, 2.45) is 0 Å². The fourth-order valence-electron chi connectivity index (χ4n) is 3.08. The molecule has 1 fully saturated rings. The molecule has 2 aromatic carbocycles. The minimum absolute atomic E-state index is 0.131. The maximum Gasteiger partial charge on any atom is 0.258 e. The molecular weight excluding hydrogens is 319 g/mol. The van der Waals surface area contributed by atoms with Gasteiger partial charge in [0, 0.05) is 36.4 Å². The molecule has 0 aromatic heterocycles. The molecule has 5 heteroatoms. The Balaban J connectivity index is 1.79. The number of nitrogens with zero attached hydrogens (tertiary/aromatic N) is 2. The molecule has 1 saturated heterocycles. The van der Waals surface area contributed by atoms with Crippen molar-refractivity contribution in [2.45, 2.75) is 26.2 Å². The molecule has 1 heterocycles. The van der Waals surface area contributed by atoms with Crippen molar-refractivity contribution in [3.63, 3.8) is 0 Å². The molecule has 4 nitrogen and oxygen atoms in total. The summed E-state index contributed by atoms with van der Waals surface area (Å²) in [5.41, 5.74) is 2.02. The Hall–Kier alpha value is -2.69. The summed E-state index contributed by atoms with van der Waals surface area (Å²) in [6.07, 6.45) is 2.52. The number of carbonyl (C=O) groups excluding carboxylic acids is 2. The first kappa shape index (κ1) is 17.1. The van der Waals surface area contributed by atoms with Crippen molar-refractivity contribution in [1.82, 2.24) is 0 Å². The van der Waals surface area contributed by atoms with Crippen LogP contribution in [0.2, 0.25) is 0 Å². The molecule has 130 valence electrons. The van der Waals surface area contributed by atoms with Gasteiger partial charge in [-0.2, -0.15) is 0 Å². The molecule has 0 radical (unpaired) electrons. The van der Waals surface area contributed by atoms with Crippen LogP contribution in [0.4, 0.5) is 15.8 Å². The fraction of sp³-hybridized carbons (Fsp3) is 0.300. The third kappa shape index (κ3) is 3.71. The molecular formula is C20H21FN2O2. The van der Waals surface area contributed by atoms with Crippen LogP contribution in [0.1, 0.15) is 36.5 Å². The molecule has 0 atom stereocenters. The number of halogens is 1. The largest absolute Gasteiger partial charge is 0.312 e. The maximum atomic E-state index is 13.1. The number of anilines is 2. The van der Waals surface area contributed by atoms with Gasteiger partial charge in [-0.25, -0.2) is 4.39 Å². The fourth-order valence-corrected chi connectivity index (χ4v) is 3.08. The highest BCUT2D eigenvalue weighted by Crippen LogP contribution is 2.23. The Morgan fingerprint density at radius 2 is 1.76 bits per heavy atom. The van der Waals surface area contributed by atoms with Gasteiger partial charge < -0.3 is 9.80 Å². The minimum atomic E-state index is -0.331. The van der Waals surface area contributed by atoms with Crippen LogP contribution in [0.3, 0.4) is 0 Å². The number of hydrogen-bond acceptors (Lipinski definition) is 2. The zero-order chi connectivity index (χ0) is 17.8. The highest BCUT2D eigenvalue weighted by molar-refractivity contribution is 6.06. The lowest BCUT2D eigenvalue weighted by Gasteiger charge is -2.27. The molecule has 0 spiro atoms. The summed E-state index contributed by atoms with van der Waals surface area (Å²) in [6.45, 7) is 3.08. The highest BCUT2D eigenvalue weighted by Gasteiger charge is 2.21. The topological polar surface area (TPSA) is 40.6 Å². The van der Waals surface area contributed by atoms with Gasteiger partial charge in [-0.1, -0.05) is 0 Å². The summed E-state index contributed by atoms with van der Waals surface area (Å²) in [4.78, 5) is 28.1. The first-order valence-electron chi connectivity index (χ1n) is 8.58. The van der Waals surface area contributed by atoms with Crippen LogP contribution in [0.15, 0.2) is 48.5 Å². The van der Waals surface area contributed by atoms with E-state index >= 15 is 0 Å². The highest BCUT2D eigenvalue weighted by atomic mass is 19.1. The minimum Gasteiger partial charge on any atom is -0.312 e. The molecule has 0 aliphatic carbocycles. The van der Waals surface area contributed by atoms with E-state index in [-0.39, 0.29) is 17.6 Å². The van der Waals surface area contributed by atoms with E-state index in [1.54, 1.807) is 34.1 Å². The lowest BCUT2D eigenvalue weighted by Crippen LogP contribution is -2.35. The van der Waals surface area contributed by atoms with Gasteiger partial charge in [0.05, 0.1) is 0 Å². The van der Waals surface area contributed by atoms with Gasteiger partial charge >= 0.3 is 0 Å². The van der Waals surface area contributed by atoms with Crippen molar-refractivity contribution in [2.75, 3.05) is 22.9 Å². The third-order valence-electron chi connectivity index (χ3n) is 4.45. The van der Waals surface area contributed by atoms with Crippen LogP contribution in [0, 0.1) is 5.82 Å². The zero-order valence-electron chi connectivity index (χ0n) is 14.2. The maximum absolute atomic E-state index is 13.1. The number of benzene rings is 2. The van der Waals surface area contributed by atoms with Crippen LogP contribution < -0.4 is 9.80 Å². The van der Waals surface area contributed by atoms with E-state index in [2.05, 4.69) is 0 Å². The van der Waals surface area contributed by atoms with Crippen LogP contribution in [-0.4, -0.2) is 24.9 Å². The van der Waals surface area contributed by atoms with Gasteiger partial charge in [0.15, 0.2) is 0 Å². The second kappa shape index (κ2) is 7.47. The molecule has 0 unspecified atom stereocenters. The second-order valence-electron chi connectivity index (χ2n) is 6.08. The van der Waals surface area contributed by atoms with Crippen molar-refractivity contribution >= 4 is 23.2 Å². The second-order valence-corrected chi connectivity index (χ2v) is 6.08. The molecule has 2 aromatic rings. The van der Waals surface area contributed by atoms with Crippen LogP contribution in [-0.2, 0) is 4.79 Å². The Labute approximate surface area is 146 Å². The summed E-state index contributed by atoms with van der Waals surface area (Å²) < 4.78 is 13.1. The Bertz CT molecular complexity index is 756. The van der Waals surface area contributed by atoms with Gasteiger partial charge in [-0.15, -0.1) is 0 Å². The summed E-state index contributed by atoms with van der Waals surface area (Å²) in [7, 11) is 0. The van der Waals surface area contributed by atoms with Crippen LogP contribution in [0.25, 0.3) is 0 Å². The van der Waals surface area contributed by atoms with Crippen molar-refractivity contribution < 1.29 is 14.0 Å². The van der Waals surface area contributed by atoms with Gasteiger partial charge in [0.1, 0.15) is 5.82 Å². The summed E-state index contributed by atoms with van der Waals surface area (Å²) >= 11 is 0. The van der Waals surface area contributed by atoms with Crippen molar-refractivity contribution in [1.29, 1.82) is 0 Å². The average molecular weight is 340 g/mol. The number of amides is 2. The third-order valence-corrected chi connectivity index (χ3v) is 4.45. The lowest BCUT2D eigenvalue weighted by molar-refractivity contribution is -0.119. The first-order chi connectivity index (χ1) is 12.1. The van der Waals surface area contributed by atoms with E-state index in [9.17, 15) is 14.0 Å². The van der Waals surface area contributed by atoms with Crippen molar-refractivity contribution in [3.8, 4) is 0 Å². The number of rotatable bonds is 4. The zero-order valence-corrected chi connectivity index (χ0v) is 14.2. The molecule has 1 aliphatic rings. The Morgan fingerprint density at radius 1 is 1.08 bits per heavy atom. The summed E-state index contributed by atoms with van der Waals surface area (Å²) in [5.74, 6) is -0.347. The average Bonchev–Trinajstić information content (AvgIpc) is 2.64. The standard InChI is InChI=1S/C20H21FN2O2/c1-2-22(17-12-8-16(21)9-13-17)20(25)15-6-10-18(11-7-15)23-14-4-3-5-19(23)24/h6-13H,2-5,14H2,1H3. The van der Waals surface area contributed by atoms with E-state index in [0.29, 0.717) is 24.2 Å². The van der Waals surface area contributed by atoms with Gasteiger partial charge in [0.25, 0.3) is 5.91 Å². The Morgan fingerprint density at radius 3 is 2.36 bits per heavy atom. The SMILES string of the molecule is CCN(C(=O)c1ccc(N2CCCCC2=O)cc1)c1ccc(F)cc1. The Kier molecular flexibility index (Phi) is 5.12. The molecule has 0 N–H and O–H groups in total. The normalized spacial score (nSPS) is 14.5. The molecule has 25 heavy (non-hydrogen) atoms. The number of carbonyl (C=O) groups is 2. The predicted molar refractivity (Wildman–Crippen MR) is 96.4 cm³/mol. The van der Waals surface area contributed by atoms with E-state index in [1.165, 1.54) is 12.1 Å². The van der Waals surface area contributed by atoms with Gasteiger partial charge in [0.2, 0.25) is 5.91 Å². The van der Waals surface area contributed by atoms with Crippen molar-refractivity contribution in [3.05, 3.63) is 59.9 Å². The van der Waals surface area contributed by atoms with Gasteiger partial charge in [-0.05, 0) is 68.3 Å². The summed E-state index contributed by atoms with van der Waals surface area (Å²) in [5, 5.41) is 0. The quantitative estimate of drug-likeness (QED) is 0.844. The molecule has 0 bridgehead atoms. The predicted octanol–water partition coefficient (Wildman–Crippen LogP) is 4.01. The van der Waals surface area contributed by atoms with E-state index < -0.39 is 0 Å². The number of piperidine rings is 1. The molecule has 0 saturated carbocycles. The lowest BCUT2D eigenvalue weighted by atomic mass is 10.1. The van der Waals surface area contributed by atoms with E-state index in [1.807, 2.05) is 19.1 Å². The number of hydrogen-bond donors (Lipinski definition) is 0. The molecule has 1 aliphatic heterocycles. The molecule has 3 rings (SSSR count). The monoisotopic (exact) mass is 340 g/mol. The van der Waals surface area contributed by atoms with E-state index in [0.717, 1.165) is 25.1 Å². The van der Waals surface area contributed by atoms with Crippen LogP contribution in [0.5, 0.6) is 0 Å². The van der Waals surface area contributed by atoms with E-state index in [4.69, 9.17) is 0 Å². The van der Waals surface area contributed by atoms with Crippen LogP contribution >= 0.6 is 0 Å². The van der Waals surface area contributed by atoms with Gasteiger partial charge in [-0.3, -0.25) is 9.59 Å². The summed E-state index contributed by atoms with van der Waals surface area (Å²) in [6, 6.07) is 13.0. The first-order valence-corrected chi connectivity index (χ1v) is 8.58.